The van der Waals surface area contributed by atoms with E-state index in [1.165, 1.54) is 7.11 Å². The fourth-order valence-electron chi connectivity index (χ4n) is 1.83. The minimum Gasteiger partial charge on any atom is -0.467 e. The molecule has 6 nitrogen and oxygen atoms in total. The van der Waals surface area contributed by atoms with Crippen LogP contribution in [-0.2, 0) is 16.0 Å². The van der Waals surface area contributed by atoms with E-state index in [9.17, 15) is 9.59 Å². The van der Waals surface area contributed by atoms with Gasteiger partial charge in [-0.3, -0.25) is 4.79 Å². The van der Waals surface area contributed by atoms with Gasteiger partial charge in [0.2, 0.25) is 0 Å². The molecule has 7 heteroatoms. The number of carbonyl (C=O) groups is 2. The third kappa shape index (κ3) is 4.56. The maximum Gasteiger partial charge on any atom is 0.328 e. The second kappa shape index (κ2) is 7.94. The Hall–Kier alpha value is -1.50. The van der Waals surface area contributed by atoms with E-state index >= 15 is 0 Å². The van der Waals surface area contributed by atoms with Crippen LogP contribution in [0.5, 0.6) is 0 Å². The molecule has 1 amide bonds. The first-order valence-electron chi connectivity index (χ1n) is 6.69. The molecule has 1 N–H and O–H groups in total. The Kier molecular flexibility index (Phi) is 6.57. The number of aryl methyl sites for hydroxylation is 1. The molecule has 0 radical (unpaired) electrons. The molecule has 1 heterocycles. The van der Waals surface area contributed by atoms with Gasteiger partial charge in [-0.1, -0.05) is 31.7 Å². The largest absolute Gasteiger partial charge is 0.467 e. The smallest absolute Gasteiger partial charge is 0.328 e. The summed E-state index contributed by atoms with van der Waals surface area (Å²) in [6.07, 6.45) is 2.12. The van der Waals surface area contributed by atoms with E-state index in [2.05, 4.69) is 14.9 Å². The van der Waals surface area contributed by atoms with Crippen LogP contribution < -0.4 is 5.32 Å². The highest BCUT2D eigenvalue weighted by Gasteiger charge is 2.25. The van der Waals surface area contributed by atoms with Crippen molar-refractivity contribution in [3.05, 3.63) is 10.6 Å². The summed E-state index contributed by atoms with van der Waals surface area (Å²) in [6, 6.07) is -0.635. The first-order valence-corrected chi connectivity index (χ1v) is 7.46. The number of methoxy groups -OCH3 is 1. The molecule has 0 aliphatic heterocycles. The topological polar surface area (TPSA) is 81.2 Å². The Morgan fingerprint density at radius 2 is 2.10 bits per heavy atom. The summed E-state index contributed by atoms with van der Waals surface area (Å²) in [7, 11) is 1.32. The van der Waals surface area contributed by atoms with Gasteiger partial charge in [0.1, 0.15) is 10.9 Å². The molecule has 0 fully saturated rings. The van der Waals surface area contributed by atoms with Gasteiger partial charge in [-0.15, -0.1) is 5.10 Å². The number of aromatic nitrogens is 2. The number of ether oxygens (including phenoxy) is 1. The number of hydrogen-bond acceptors (Lipinski definition) is 6. The highest BCUT2D eigenvalue weighted by molar-refractivity contribution is 7.08. The van der Waals surface area contributed by atoms with Gasteiger partial charge in [0.05, 0.1) is 12.8 Å². The SMILES string of the molecule is CCCc1nnsc1C(=O)NC(CC(C)C)C(=O)OC. The molecule has 1 aromatic rings. The second-order valence-corrected chi connectivity index (χ2v) is 5.73. The van der Waals surface area contributed by atoms with Crippen molar-refractivity contribution >= 4 is 23.4 Å². The van der Waals surface area contributed by atoms with Crippen molar-refractivity contribution in [3.63, 3.8) is 0 Å². The summed E-state index contributed by atoms with van der Waals surface area (Å²) in [5, 5.41) is 6.67. The fourth-order valence-corrected chi connectivity index (χ4v) is 2.44. The Morgan fingerprint density at radius 1 is 1.40 bits per heavy atom. The molecule has 0 saturated carbocycles. The summed E-state index contributed by atoms with van der Waals surface area (Å²) in [6.45, 7) is 5.98. The van der Waals surface area contributed by atoms with Gasteiger partial charge in [-0.2, -0.15) is 0 Å². The van der Waals surface area contributed by atoms with Crippen LogP contribution in [-0.4, -0.2) is 34.6 Å². The number of esters is 1. The highest BCUT2D eigenvalue weighted by Crippen LogP contribution is 2.14. The van der Waals surface area contributed by atoms with Crippen molar-refractivity contribution in [2.45, 2.75) is 46.1 Å². The number of nitrogens with one attached hydrogen (secondary N) is 1. The fraction of sp³-hybridized carbons (Fsp3) is 0.692. The van der Waals surface area contributed by atoms with Crippen molar-refractivity contribution in [1.29, 1.82) is 0 Å². The zero-order valence-corrected chi connectivity index (χ0v) is 13.1. The molecule has 0 aliphatic carbocycles. The number of nitrogens with zero attached hydrogens (tertiary/aromatic N) is 2. The van der Waals surface area contributed by atoms with E-state index in [4.69, 9.17) is 4.74 Å². The Morgan fingerprint density at radius 3 is 2.65 bits per heavy atom. The van der Waals surface area contributed by atoms with Gasteiger partial charge in [-0.05, 0) is 30.3 Å². The minimum absolute atomic E-state index is 0.272. The predicted molar refractivity (Wildman–Crippen MR) is 76.6 cm³/mol. The molecule has 0 spiro atoms. The molecule has 0 saturated heterocycles. The molecule has 1 aromatic heterocycles. The van der Waals surface area contributed by atoms with Crippen LogP contribution in [0.1, 0.15) is 49.0 Å². The third-order valence-corrected chi connectivity index (χ3v) is 3.51. The van der Waals surface area contributed by atoms with Crippen molar-refractivity contribution in [3.8, 4) is 0 Å². The zero-order valence-electron chi connectivity index (χ0n) is 12.3. The average Bonchev–Trinajstić information content (AvgIpc) is 2.85. The predicted octanol–water partition coefficient (Wildman–Crippen LogP) is 1.81. The van der Waals surface area contributed by atoms with Crippen molar-refractivity contribution < 1.29 is 14.3 Å². The quantitative estimate of drug-likeness (QED) is 0.777. The van der Waals surface area contributed by atoms with Crippen LogP contribution in [0.2, 0.25) is 0 Å². The molecule has 112 valence electrons. The van der Waals surface area contributed by atoms with Gasteiger partial charge >= 0.3 is 5.97 Å². The first kappa shape index (κ1) is 16.6. The van der Waals surface area contributed by atoms with E-state index in [1.54, 1.807) is 0 Å². The van der Waals surface area contributed by atoms with E-state index in [1.807, 2.05) is 20.8 Å². The minimum atomic E-state index is -0.635. The van der Waals surface area contributed by atoms with Gasteiger partial charge < -0.3 is 10.1 Å². The summed E-state index contributed by atoms with van der Waals surface area (Å²) in [5.41, 5.74) is 0.683. The molecule has 0 bridgehead atoms. The summed E-state index contributed by atoms with van der Waals surface area (Å²) in [4.78, 5) is 24.4. The molecule has 20 heavy (non-hydrogen) atoms. The lowest BCUT2D eigenvalue weighted by molar-refractivity contribution is -0.143. The molecule has 0 aliphatic rings. The van der Waals surface area contributed by atoms with Gasteiger partial charge in [-0.25, -0.2) is 4.79 Å². The van der Waals surface area contributed by atoms with Crippen LogP contribution in [0.25, 0.3) is 0 Å². The lowest BCUT2D eigenvalue weighted by atomic mass is 10.0. The van der Waals surface area contributed by atoms with Crippen LogP contribution in [0.4, 0.5) is 0 Å². The number of amides is 1. The normalized spacial score (nSPS) is 12.2. The summed E-state index contributed by atoms with van der Waals surface area (Å²) >= 11 is 1.05. The maximum atomic E-state index is 12.2. The summed E-state index contributed by atoms with van der Waals surface area (Å²) < 4.78 is 8.54. The van der Waals surface area contributed by atoms with Crippen molar-refractivity contribution in [2.24, 2.45) is 5.92 Å². The zero-order chi connectivity index (χ0) is 15.1. The molecular formula is C13H21N3O3S. The molecular weight excluding hydrogens is 278 g/mol. The Bertz CT molecular complexity index is 459. The van der Waals surface area contributed by atoms with E-state index in [-0.39, 0.29) is 11.8 Å². The Labute approximate surface area is 123 Å². The highest BCUT2D eigenvalue weighted by atomic mass is 32.1. The average molecular weight is 299 g/mol. The van der Waals surface area contributed by atoms with Gasteiger partial charge in [0, 0.05) is 0 Å². The summed E-state index contributed by atoms with van der Waals surface area (Å²) in [5.74, 6) is -0.463. The van der Waals surface area contributed by atoms with Gasteiger partial charge in [0.25, 0.3) is 5.91 Å². The van der Waals surface area contributed by atoms with Crippen LogP contribution >= 0.6 is 11.5 Å². The number of hydrogen-bond donors (Lipinski definition) is 1. The number of carbonyl (C=O) groups excluding carboxylic acids is 2. The van der Waals surface area contributed by atoms with Crippen LogP contribution in [0.3, 0.4) is 0 Å². The number of rotatable bonds is 7. The monoisotopic (exact) mass is 299 g/mol. The molecule has 1 atom stereocenters. The van der Waals surface area contributed by atoms with Crippen LogP contribution in [0, 0.1) is 5.92 Å². The lowest BCUT2D eigenvalue weighted by Gasteiger charge is -2.17. The second-order valence-electron chi connectivity index (χ2n) is 4.98. The van der Waals surface area contributed by atoms with E-state index < -0.39 is 12.0 Å². The standard InChI is InChI=1S/C13H21N3O3S/c1-5-6-9-11(20-16-15-9)12(17)14-10(7-8(2)3)13(18)19-4/h8,10H,5-7H2,1-4H3,(H,14,17). The molecule has 1 unspecified atom stereocenters. The molecule has 1 rings (SSSR count). The maximum absolute atomic E-state index is 12.2. The van der Waals surface area contributed by atoms with E-state index in [0.717, 1.165) is 18.0 Å². The Balaban J connectivity index is 2.79. The van der Waals surface area contributed by atoms with Crippen molar-refractivity contribution in [1.82, 2.24) is 14.9 Å². The van der Waals surface area contributed by atoms with Gasteiger partial charge in [0.15, 0.2) is 0 Å². The lowest BCUT2D eigenvalue weighted by Crippen LogP contribution is -2.42. The third-order valence-electron chi connectivity index (χ3n) is 2.75. The molecule has 0 aromatic carbocycles. The van der Waals surface area contributed by atoms with Crippen molar-refractivity contribution in [2.75, 3.05) is 7.11 Å². The van der Waals surface area contributed by atoms with E-state index in [0.29, 0.717) is 23.4 Å². The first-order chi connectivity index (χ1) is 9.49. The van der Waals surface area contributed by atoms with Crippen LogP contribution in [0.15, 0.2) is 0 Å².